The van der Waals surface area contributed by atoms with Gasteiger partial charge in [0, 0.05) is 30.9 Å². The van der Waals surface area contributed by atoms with Crippen molar-refractivity contribution in [1.82, 2.24) is 24.9 Å². The SMILES string of the molecule is CNCc1c(C)nn(C)c1-n1cc(-c2ccccc2)cn1. The number of hydrogen-bond donors (Lipinski definition) is 1. The maximum atomic E-state index is 4.51. The maximum Gasteiger partial charge on any atom is 0.156 e. The van der Waals surface area contributed by atoms with E-state index in [4.69, 9.17) is 0 Å². The number of aromatic nitrogens is 4. The summed E-state index contributed by atoms with van der Waals surface area (Å²) in [6.07, 6.45) is 3.94. The predicted octanol–water partition coefficient (Wildman–Crippen LogP) is 2.30. The van der Waals surface area contributed by atoms with Crippen LogP contribution in [0.15, 0.2) is 42.7 Å². The van der Waals surface area contributed by atoms with Gasteiger partial charge < -0.3 is 5.32 Å². The second kappa shape index (κ2) is 5.54. The average Bonchev–Trinajstić information content (AvgIpc) is 3.06. The van der Waals surface area contributed by atoms with Gasteiger partial charge in [0.15, 0.2) is 5.82 Å². The van der Waals surface area contributed by atoms with E-state index >= 15 is 0 Å². The summed E-state index contributed by atoms with van der Waals surface area (Å²) in [7, 11) is 3.89. The minimum absolute atomic E-state index is 0.773. The molecule has 1 N–H and O–H groups in total. The Labute approximate surface area is 124 Å². The highest BCUT2D eigenvalue weighted by atomic mass is 15.4. The Morgan fingerprint density at radius 1 is 1.14 bits per heavy atom. The largest absolute Gasteiger partial charge is 0.315 e. The standard InChI is InChI=1S/C16H19N5/c1-12-15(10-17-2)16(20(3)19-12)21-11-14(9-18-21)13-7-5-4-6-8-13/h4-9,11,17H,10H2,1-3H3. The van der Waals surface area contributed by atoms with Crippen molar-refractivity contribution >= 4 is 0 Å². The van der Waals surface area contributed by atoms with Crippen LogP contribution in [0.1, 0.15) is 11.3 Å². The quantitative estimate of drug-likeness (QED) is 0.798. The van der Waals surface area contributed by atoms with Crippen LogP contribution < -0.4 is 5.32 Å². The molecule has 0 aliphatic carbocycles. The zero-order valence-electron chi connectivity index (χ0n) is 12.5. The monoisotopic (exact) mass is 281 g/mol. The van der Waals surface area contributed by atoms with E-state index in [1.54, 1.807) is 0 Å². The van der Waals surface area contributed by atoms with Gasteiger partial charge in [0.05, 0.1) is 11.9 Å². The topological polar surface area (TPSA) is 47.7 Å². The van der Waals surface area contributed by atoms with E-state index < -0.39 is 0 Å². The molecule has 0 atom stereocenters. The third-order valence-corrected chi connectivity index (χ3v) is 3.57. The van der Waals surface area contributed by atoms with Crippen LogP contribution in [-0.4, -0.2) is 26.6 Å². The highest BCUT2D eigenvalue weighted by molar-refractivity contribution is 5.62. The molecule has 1 aromatic carbocycles. The highest BCUT2D eigenvalue weighted by Gasteiger charge is 2.15. The van der Waals surface area contributed by atoms with Crippen molar-refractivity contribution in [1.29, 1.82) is 0 Å². The second-order valence-electron chi connectivity index (χ2n) is 5.08. The van der Waals surface area contributed by atoms with Crippen LogP contribution in [0.5, 0.6) is 0 Å². The van der Waals surface area contributed by atoms with Crippen molar-refractivity contribution in [2.45, 2.75) is 13.5 Å². The van der Waals surface area contributed by atoms with Gasteiger partial charge in [0.25, 0.3) is 0 Å². The Hall–Kier alpha value is -2.40. The number of aryl methyl sites for hydroxylation is 2. The summed E-state index contributed by atoms with van der Waals surface area (Å²) in [4.78, 5) is 0. The van der Waals surface area contributed by atoms with Crippen LogP contribution in [0, 0.1) is 6.92 Å². The molecule has 0 saturated heterocycles. The molecule has 21 heavy (non-hydrogen) atoms. The zero-order valence-corrected chi connectivity index (χ0v) is 12.5. The lowest BCUT2D eigenvalue weighted by molar-refractivity contribution is 0.688. The number of benzene rings is 1. The summed E-state index contributed by atoms with van der Waals surface area (Å²) in [6.45, 7) is 2.80. The molecule has 0 spiro atoms. The van der Waals surface area contributed by atoms with Gasteiger partial charge in [-0.15, -0.1) is 0 Å². The van der Waals surface area contributed by atoms with Crippen molar-refractivity contribution in [2.75, 3.05) is 7.05 Å². The van der Waals surface area contributed by atoms with Crippen LogP contribution in [0.3, 0.4) is 0 Å². The highest BCUT2D eigenvalue weighted by Crippen LogP contribution is 2.22. The lowest BCUT2D eigenvalue weighted by Gasteiger charge is -2.06. The number of nitrogens with one attached hydrogen (secondary N) is 1. The van der Waals surface area contributed by atoms with Gasteiger partial charge in [-0.3, -0.25) is 4.68 Å². The molecule has 0 saturated carbocycles. The molecule has 0 amide bonds. The third kappa shape index (κ3) is 2.48. The Morgan fingerprint density at radius 2 is 1.90 bits per heavy atom. The van der Waals surface area contributed by atoms with E-state index in [-0.39, 0.29) is 0 Å². The van der Waals surface area contributed by atoms with Gasteiger partial charge >= 0.3 is 0 Å². The molecular formula is C16H19N5. The van der Waals surface area contributed by atoms with E-state index in [0.717, 1.165) is 29.2 Å². The summed E-state index contributed by atoms with van der Waals surface area (Å²) in [5.41, 5.74) is 4.46. The Balaban J connectivity index is 2.05. The van der Waals surface area contributed by atoms with Crippen molar-refractivity contribution in [3.8, 4) is 16.9 Å². The van der Waals surface area contributed by atoms with Gasteiger partial charge in [-0.05, 0) is 19.5 Å². The van der Waals surface area contributed by atoms with Crippen molar-refractivity contribution in [3.05, 3.63) is 54.0 Å². The fourth-order valence-electron chi connectivity index (χ4n) is 2.58. The Bertz CT molecular complexity index is 739. The number of rotatable bonds is 4. The van der Waals surface area contributed by atoms with E-state index in [9.17, 15) is 0 Å². The predicted molar refractivity (Wildman–Crippen MR) is 83.3 cm³/mol. The molecule has 0 bridgehead atoms. The van der Waals surface area contributed by atoms with Gasteiger partial charge in [-0.2, -0.15) is 10.2 Å². The summed E-state index contributed by atoms with van der Waals surface area (Å²) in [5, 5.41) is 12.2. The molecule has 108 valence electrons. The van der Waals surface area contributed by atoms with E-state index in [2.05, 4.69) is 27.6 Å². The lowest BCUT2D eigenvalue weighted by atomic mass is 10.1. The van der Waals surface area contributed by atoms with E-state index in [1.165, 1.54) is 5.56 Å². The average molecular weight is 281 g/mol. The maximum absolute atomic E-state index is 4.51. The number of hydrogen-bond acceptors (Lipinski definition) is 3. The molecule has 0 aliphatic heterocycles. The number of nitrogens with zero attached hydrogens (tertiary/aromatic N) is 4. The van der Waals surface area contributed by atoms with Gasteiger partial charge in [0.1, 0.15) is 0 Å². The normalized spacial score (nSPS) is 11.0. The van der Waals surface area contributed by atoms with Gasteiger partial charge in [-0.1, -0.05) is 30.3 Å². The Kier molecular flexibility index (Phi) is 3.58. The van der Waals surface area contributed by atoms with Crippen molar-refractivity contribution in [2.24, 2.45) is 7.05 Å². The fourth-order valence-corrected chi connectivity index (χ4v) is 2.58. The molecule has 0 aliphatic rings. The molecular weight excluding hydrogens is 262 g/mol. The first-order chi connectivity index (χ1) is 10.2. The first kappa shape index (κ1) is 13.6. The molecule has 2 heterocycles. The summed E-state index contributed by atoms with van der Waals surface area (Å²) < 4.78 is 3.78. The summed E-state index contributed by atoms with van der Waals surface area (Å²) in [5.74, 6) is 1.00. The Morgan fingerprint density at radius 3 is 2.62 bits per heavy atom. The molecule has 3 aromatic rings. The van der Waals surface area contributed by atoms with Crippen molar-refractivity contribution in [3.63, 3.8) is 0 Å². The van der Waals surface area contributed by atoms with Crippen LogP contribution in [-0.2, 0) is 13.6 Å². The second-order valence-corrected chi connectivity index (χ2v) is 5.08. The summed E-state index contributed by atoms with van der Waals surface area (Å²) >= 11 is 0. The lowest BCUT2D eigenvalue weighted by Crippen LogP contribution is -2.11. The minimum Gasteiger partial charge on any atom is -0.315 e. The molecule has 5 heteroatoms. The smallest absolute Gasteiger partial charge is 0.156 e. The van der Waals surface area contributed by atoms with Crippen molar-refractivity contribution < 1.29 is 0 Å². The third-order valence-electron chi connectivity index (χ3n) is 3.57. The first-order valence-electron chi connectivity index (χ1n) is 6.98. The van der Waals surface area contributed by atoms with Crippen LogP contribution in [0.25, 0.3) is 16.9 Å². The zero-order chi connectivity index (χ0) is 14.8. The molecule has 3 rings (SSSR count). The molecule has 2 aromatic heterocycles. The van der Waals surface area contributed by atoms with Crippen LogP contribution in [0.4, 0.5) is 0 Å². The van der Waals surface area contributed by atoms with Crippen LogP contribution in [0.2, 0.25) is 0 Å². The fraction of sp³-hybridized carbons (Fsp3) is 0.250. The van der Waals surface area contributed by atoms with Gasteiger partial charge in [-0.25, -0.2) is 4.68 Å². The van der Waals surface area contributed by atoms with E-state index in [0.29, 0.717) is 0 Å². The van der Waals surface area contributed by atoms with Gasteiger partial charge in [0.2, 0.25) is 0 Å². The molecule has 5 nitrogen and oxygen atoms in total. The molecule has 0 unspecified atom stereocenters. The first-order valence-corrected chi connectivity index (χ1v) is 6.98. The summed E-state index contributed by atoms with van der Waals surface area (Å²) in [6, 6.07) is 10.3. The van der Waals surface area contributed by atoms with Crippen LogP contribution >= 0.6 is 0 Å². The van der Waals surface area contributed by atoms with E-state index in [1.807, 2.05) is 61.0 Å². The molecule has 0 radical (unpaired) electrons. The molecule has 0 fully saturated rings. The minimum atomic E-state index is 0.773.